The van der Waals surface area contributed by atoms with E-state index in [1.807, 2.05) is 0 Å². The van der Waals surface area contributed by atoms with Crippen LogP contribution in [0.2, 0.25) is 0 Å². The summed E-state index contributed by atoms with van der Waals surface area (Å²) in [6.45, 7) is 0. The van der Waals surface area contributed by atoms with E-state index in [0.29, 0.717) is 5.39 Å². The van der Waals surface area contributed by atoms with Crippen molar-refractivity contribution in [3.8, 4) is 11.9 Å². The van der Waals surface area contributed by atoms with Crippen LogP contribution in [0, 0.1) is 17.1 Å². The summed E-state index contributed by atoms with van der Waals surface area (Å²) in [6.07, 6.45) is -0.329. The molecule has 0 saturated carbocycles. The first-order chi connectivity index (χ1) is 9.58. The third kappa shape index (κ3) is 2.38. The second kappa shape index (κ2) is 5.53. The highest BCUT2D eigenvalue weighted by Gasteiger charge is 2.26. The van der Waals surface area contributed by atoms with Gasteiger partial charge in [-0.1, -0.05) is 0 Å². The fourth-order valence-corrected chi connectivity index (χ4v) is 2.02. The number of methoxy groups -OCH3 is 1. The molecule has 1 aromatic heterocycles. The molecule has 0 aliphatic rings. The van der Waals surface area contributed by atoms with Crippen molar-refractivity contribution < 1.29 is 19.0 Å². The molecule has 1 unspecified atom stereocenters. The Bertz CT molecular complexity index is 709. The maximum atomic E-state index is 14.0. The molecule has 0 saturated heterocycles. The number of fused-ring (bicyclic) bond motifs is 1. The van der Waals surface area contributed by atoms with Crippen LogP contribution in [-0.4, -0.2) is 23.2 Å². The van der Waals surface area contributed by atoms with E-state index in [1.54, 1.807) is 18.2 Å². The molecule has 1 atom stereocenters. The number of aromatic nitrogens is 1. The highest BCUT2D eigenvalue weighted by atomic mass is 19.1. The summed E-state index contributed by atoms with van der Waals surface area (Å²) >= 11 is 0. The molecular formula is C14H11FN2O3. The molecule has 0 bridgehead atoms. The number of nitrogens with zero attached hydrogens (tertiary/aromatic N) is 2. The highest BCUT2D eigenvalue weighted by Crippen LogP contribution is 2.30. The van der Waals surface area contributed by atoms with Gasteiger partial charge in [0.25, 0.3) is 0 Å². The molecule has 0 amide bonds. The summed E-state index contributed by atoms with van der Waals surface area (Å²) in [6, 6.07) is 7.71. The Balaban J connectivity index is 2.74. The largest absolute Gasteiger partial charge is 0.481 e. The van der Waals surface area contributed by atoms with E-state index >= 15 is 0 Å². The van der Waals surface area contributed by atoms with Crippen molar-refractivity contribution >= 4 is 16.9 Å². The molecule has 2 rings (SSSR count). The number of ether oxygens (including phenoxy) is 1. The summed E-state index contributed by atoms with van der Waals surface area (Å²) in [5.41, 5.74) is 0.113. The average molecular weight is 274 g/mol. The predicted molar refractivity (Wildman–Crippen MR) is 68.9 cm³/mol. The van der Waals surface area contributed by atoms with Crippen molar-refractivity contribution in [3.63, 3.8) is 0 Å². The Labute approximate surface area is 114 Å². The van der Waals surface area contributed by atoms with Gasteiger partial charge < -0.3 is 9.84 Å². The van der Waals surface area contributed by atoms with Crippen LogP contribution in [0.5, 0.6) is 5.88 Å². The van der Waals surface area contributed by atoms with Gasteiger partial charge in [0.05, 0.1) is 31.0 Å². The number of rotatable bonds is 4. The van der Waals surface area contributed by atoms with E-state index in [0.717, 1.165) is 0 Å². The lowest BCUT2D eigenvalue weighted by molar-refractivity contribution is -0.138. The van der Waals surface area contributed by atoms with Gasteiger partial charge in [-0.05, 0) is 18.2 Å². The molecule has 1 heterocycles. The minimum atomic E-state index is -1.26. The number of carbonyl (C=O) groups is 1. The first-order valence-electron chi connectivity index (χ1n) is 5.81. The van der Waals surface area contributed by atoms with Crippen molar-refractivity contribution in [3.05, 3.63) is 35.6 Å². The number of carboxylic acid groups (broad SMARTS) is 1. The highest BCUT2D eigenvalue weighted by molar-refractivity contribution is 5.88. The number of carboxylic acids is 1. The van der Waals surface area contributed by atoms with E-state index in [-0.39, 0.29) is 23.4 Å². The van der Waals surface area contributed by atoms with Crippen LogP contribution in [0.4, 0.5) is 4.39 Å². The molecule has 0 radical (unpaired) electrons. The number of aliphatic carboxylic acids is 1. The molecule has 1 aromatic carbocycles. The van der Waals surface area contributed by atoms with Crippen molar-refractivity contribution in [2.45, 2.75) is 12.3 Å². The van der Waals surface area contributed by atoms with Crippen LogP contribution in [0.25, 0.3) is 10.9 Å². The topological polar surface area (TPSA) is 83.2 Å². The number of hydrogen-bond donors (Lipinski definition) is 1. The molecule has 6 heteroatoms. The van der Waals surface area contributed by atoms with Crippen molar-refractivity contribution in [2.75, 3.05) is 7.11 Å². The fraction of sp³-hybridized carbons (Fsp3) is 0.214. The third-order valence-electron chi connectivity index (χ3n) is 2.97. The molecule has 1 N–H and O–H groups in total. The zero-order valence-corrected chi connectivity index (χ0v) is 10.6. The van der Waals surface area contributed by atoms with E-state index in [4.69, 9.17) is 10.00 Å². The van der Waals surface area contributed by atoms with Gasteiger partial charge in [0.15, 0.2) is 0 Å². The first-order valence-corrected chi connectivity index (χ1v) is 5.81. The molecule has 102 valence electrons. The van der Waals surface area contributed by atoms with Crippen molar-refractivity contribution in [2.24, 2.45) is 0 Å². The van der Waals surface area contributed by atoms with Crippen molar-refractivity contribution in [1.29, 1.82) is 5.26 Å². The van der Waals surface area contributed by atoms with E-state index in [2.05, 4.69) is 4.98 Å². The maximum Gasteiger partial charge on any atom is 0.312 e. The second-order valence-corrected chi connectivity index (χ2v) is 4.14. The lowest BCUT2D eigenvalue weighted by atomic mass is 9.93. The monoisotopic (exact) mass is 274 g/mol. The van der Waals surface area contributed by atoms with Gasteiger partial charge in [0.1, 0.15) is 5.82 Å². The molecule has 5 nitrogen and oxygen atoms in total. The zero-order valence-electron chi connectivity index (χ0n) is 10.6. The zero-order chi connectivity index (χ0) is 14.7. The maximum absolute atomic E-state index is 14.0. The predicted octanol–water partition coefficient (Wildman–Crippen LogP) is 2.46. The lowest BCUT2D eigenvalue weighted by Crippen LogP contribution is -2.14. The fourth-order valence-electron chi connectivity index (χ4n) is 2.02. The normalized spacial score (nSPS) is 11.8. The first kappa shape index (κ1) is 13.7. The Morgan fingerprint density at radius 3 is 2.80 bits per heavy atom. The lowest BCUT2D eigenvalue weighted by Gasteiger charge is -2.13. The molecule has 0 aliphatic heterocycles. The van der Waals surface area contributed by atoms with E-state index in [1.165, 1.54) is 19.2 Å². The summed E-state index contributed by atoms with van der Waals surface area (Å²) in [5.74, 6) is -2.96. The number of hydrogen-bond acceptors (Lipinski definition) is 4. The minimum absolute atomic E-state index is 0.0875. The third-order valence-corrected chi connectivity index (χ3v) is 2.97. The number of benzene rings is 1. The summed E-state index contributed by atoms with van der Waals surface area (Å²) in [5, 5.41) is 18.5. The van der Waals surface area contributed by atoms with E-state index < -0.39 is 17.7 Å². The number of halogens is 1. The van der Waals surface area contributed by atoms with Crippen LogP contribution < -0.4 is 4.74 Å². The second-order valence-electron chi connectivity index (χ2n) is 4.14. The van der Waals surface area contributed by atoms with Crippen LogP contribution in [0.15, 0.2) is 24.3 Å². The quantitative estimate of drug-likeness (QED) is 0.925. The summed E-state index contributed by atoms with van der Waals surface area (Å²) in [4.78, 5) is 15.4. The standard InChI is InChI=1S/C14H11FN2O3/c1-20-11-5-3-8-2-4-10(15)12(13(8)17-11)9(6-7-16)14(18)19/h2-5,9H,6H2,1H3,(H,18,19). The van der Waals surface area contributed by atoms with Crippen LogP contribution in [0.1, 0.15) is 17.9 Å². The van der Waals surface area contributed by atoms with Gasteiger partial charge in [-0.2, -0.15) is 5.26 Å². The summed E-state index contributed by atoms with van der Waals surface area (Å²) < 4.78 is 19.0. The van der Waals surface area contributed by atoms with Gasteiger partial charge in [-0.3, -0.25) is 4.79 Å². The van der Waals surface area contributed by atoms with Crippen LogP contribution in [0.3, 0.4) is 0 Å². The molecule has 20 heavy (non-hydrogen) atoms. The van der Waals surface area contributed by atoms with Gasteiger partial charge in [-0.25, -0.2) is 9.37 Å². The van der Waals surface area contributed by atoms with Crippen molar-refractivity contribution in [1.82, 2.24) is 4.98 Å². The van der Waals surface area contributed by atoms with Gasteiger partial charge in [0, 0.05) is 17.0 Å². The number of nitriles is 1. The van der Waals surface area contributed by atoms with E-state index in [9.17, 15) is 14.3 Å². The van der Waals surface area contributed by atoms with Gasteiger partial charge in [-0.15, -0.1) is 0 Å². The smallest absolute Gasteiger partial charge is 0.312 e. The Morgan fingerprint density at radius 1 is 1.50 bits per heavy atom. The SMILES string of the molecule is COc1ccc2ccc(F)c(C(CC#N)C(=O)O)c2n1. The van der Waals surface area contributed by atoms with Crippen LogP contribution in [-0.2, 0) is 4.79 Å². The van der Waals surface area contributed by atoms with Crippen LogP contribution >= 0.6 is 0 Å². The molecule has 0 aliphatic carbocycles. The molecular weight excluding hydrogens is 263 g/mol. The number of pyridine rings is 1. The minimum Gasteiger partial charge on any atom is -0.481 e. The molecule has 0 spiro atoms. The Hall–Kier alpha value is -2.68. The molecule has 0 fully saturated rings. The summed E-state index contributed by atoms with van der Waals surface area (Å²) in [7, 11) is 1.41. The Kier molecular flexibility index (Phi) is 3.80. The van der Waals surface area contributed by atoms with Gasteiger partial charge >= 0.3 is 5.97 Å². The average Bonchev–Trinajstić information content (AvgIpc) is 2.44. The Morgan fingerprint density at radius 2 is 2.20 bits per heavy atom. The molecule has 2 aromatic rings. The van der Waals surface area contributed by atoms with Gasteiger partial charge in [0.2, 0.25) is 5.88 Å².